The van der Waals surface area contributed by atoms with E-state index in [1.165, 1.54) is 372 Å². The van der Waals surface area contributed by atoms with Gasteiger partial charge in [0.15, 0.2) is 0 Å². The van der Waals surface area contributed by atoms with Crippen LogP contribution in [0.15, 0.2) is 48.6 Å². The average Bonchev–Trinajstić information content (AvgIpc) is 3.59. The number of aliphatic hydroxyl groups excluding tert-OH is 2. The van der Waals surface area contributed by atoms with Gasteiger partial charge in [0, 0.05) is 12.8 Å². The van der Waals surface area contributed by atoms with Gasteiger partial charge in [-0.3, -0.25) is 9.59 Å². The van der Waals surface area contributed by atoms with Gasteiger partial charge in [-0.2, -0.15) is 0 Å². The minimum atomic E-state index is -0.845. The van der Waals surface area contributed by atoms with E-state index in [0.717, 1.165) is 51.4 Å². The first-order chi connectivity index (χ1) is 44.5. The molecule has 0 spiro atoms. The van der Waals surface area contributed by atoms with E-state index in [-0.39, 0.29) is 18.5 Å². The lowest BCUT2D eigenvalue weighted by atomic mass is 10.0. The summed E-state index contributed by atoms with van der Waals surface area (Å²) in [7, 11) is 0. The van der Waals surface area contributed by atoms with Crippen LogP contribution in [0.4, 0.5) is 0 Å². The number of carbonyl (C=O) groups excluding carboxylic acids is 2. The highest BCUT2D eigenvalue weighted by Gasteiger charge is 2.18. The smallest absolute Gasteiger partial charge is 0.305 e. The maximum Gasteiger partial charge on any atom is 0.305 e. The molecule has 530 valence electrons. The van der Waals surface area contributed by atoms with Crippen molar-refractivity contribution in [2.24, 2.45) is 0 Å². The van der Waals surface area contributed by atoms with Crippen LogP contribution in [0.25, 0.3) is 0 Å². The Hall–Kier alpha value is -2.18. The predicted molar refractivity (Wildman–Crippen MR) is 398 cm³/mol. The van der Waals surface area contributed by atoms with Crippen LogP contribution in [-0.2, 0) is 14.3 Å². The SMILES string of the molecule is CCCCCCCCC/C=C\CCCCCCCCCC(=O)OCCCCCCCCCCC/C=C\C/C=C\CCCCCCCCCCCCCCCCCCCC(=O)NC(CO)C(O)/C=C/CCCCCCCCCCCCCCCCCCCCCC. The van der Waals surface area contributed by atoms with Crippen molar-refractivity contribution in [3.63, 3.8) is 0 Å². The first kappa shape index (κ1) is 87.8. The first-order valence-electron chi connectivity index (χ1n) is 40.9. The Labute approximate surface area is 563 Å². The lowest BCUT2D eigenvalue weighted by molar-refractivity contribution is -0.143. The van der Waals surface area contributed by atoms with Crippen LogP contribution >= 0.6 is 0 Å². The fourth-order valence-corrected chi connectivity index (χ4v) is 12.8. The van der Waals surface area contributed by atoms with E-state index < -0.39 is 12.1 Å². The maximum atomic E-state index is 12.6. The molecule has 6 heteroatoms. The molecule has 2 unspecified atom stereocenters. The highest BCUT2D eigenvalue weighted by molar-refractivity contribution is 5.76. The lowest BCUT2D eigenvalue weighted by Gasteiger charge is -2.20. The van der Waals surface area contributed by atoms with Crippen LogP contribution in [0.3, 0.4) is 0 Å². The van der Waals surface area contributed by atoms with Crippen molar-refractivity contribution >= 4 is 11.9 Å². The van der Waals surface area contributed by atoms with Gasteiger partial charge in [-0.15, -0.1) is 0 Å². The summed E-state index contributed by atoms with van der Waals surface area (Å²) in [6.07, 6.45) is 105. The van der Waals surface area contributed by atoms with Gasteiger partial charge in [0.25, 0.3) is 0 Å². The van der Waals surface area contributed by atoms with Crippen molar-refractivity contribution in [1.29, 1.82) is 0 Å². The fourth-order valence-electron chi connectivity index (χ4n) is 12.8. The summed E-state index contributed by atoms with van der Waals surface area (Å²) < 4.78 is 5.51. The maximum absolute atomic E-state index is 12.6. The number of esters is 1. The second kappa shape index (κ2) is 79.3. The molecule has 0 saturated carbocycles. The van der Waals surface area contributed by atoms with E-state index in [2.05, 4.69) is 55.6 Å². The Kier molecular flexibility index (Phi) is 77.3. The van der Waals surface area contributed by atoms with Crippen LogP contribution in [0.1, 0.15) is 450 Å². The Morgan fingerprint density at radius 2 is 0.556 bits per heavy atom. The van der Waals surface area contributed by atoms with Crippen LogP contribution in [0.5, 0.6) is 0 Å². The minimum Gasteiger partial charge on any atom is -0.466 e. The fraction of sp³-hybridized carbons (Fsp3) is 0.881. The zero-order chi connectivity index (χ0) is 64.9. The Morgan fingerprint density at radius 3 is 0.856 bits per heavy atom. The standard InChI is InChI=1S/C84H159NO5/c1-3-5-7-9-11-13-15-17-19-21-23-24-38-41-44-48-52-56-60-64-68-72-76-82(87)81(80-86)85-83(88)77-73-69-65-61-57-53-49-45-42-39-36-34-32-30-28-26-25-27-29-31-33-35-37-40-43-47-51-55-59-63-67-71-75-79-90-84(89)78-74-70-66-62-58-54-50-46-22-20-18-16-14-12-10-8-6-4-2/h20,22,29,31,35,37,72,76,81-82,86-87H,3-19,21,23-28,30,32-34,36,38-71,73-75,77-80H2,1-2H3,(H,85,88)/b22-20-,31-29-,37-35-,76-72+. The number of hydrogen-bond acceptors (Lipinski definition) is 5. The van der Waals surface area contributed by atoms with Gasteiger partial charge < -0.3 is 20.3 Å². The molecule has 1 amide bonds. The summed E-state index contributed by atoms with van der Waals surface area (Å²) in [4.78, 5) is 24.7. The average molecular weight is 1260 g/mol. The number of amides is 1. The van der Waals surface area contributed by atoms with Gasteiger partial charge in [0.1, 0.15) is 0 Å². The van der Waals surface area contributed by atoms with Crippen molar-refractivity contribution in [3.8, 4) is 0 Å². The highest BCUT2D eigenvalue weighted by Crippen LogP contribution is 2.19. The molecule has 2 atom stereocenters. The second-order valence-corrected chi connectivity index (χ2v) is 28.1. The molecule has 0 bridgehead atoms. The molecule has 0 saturated heterocycles. The van der Waals surface area contributed by atoms with E-state index in [1.807, 2.05) is 6.08 Å². The van der Waals surface area contributed by atoms with Gasteiger partial charge in [-0.25, -0.2) is 0 Å². The predicted octanol–water partition coefficient (Wildman–Crippen LogP) is 27.2. The molecule has 0 rings (SSSR count). The molecule has 0 heterocycles. The van der Waals surface area contributed by atoms with E-state index in [1.54, 1.807) is 6.08 Å². The van der Waals surface area contributed by atoms with Crippen LogP contribution in [0.2, 0.25) is 0 Å². The molecule has 0 aromatic rings. The number of rotatable bonds is 77. The number of nitrogens with one attached hydrogen (secondary N) is 1. The van der Waals surface area contributed by atoms with Crippen molar-refractivity contribution < 1.29 is 24.5 Å². The molecule has 0 radical (unpaired) electrons. The van der Waals surface area contributed by atoms with E-state index in [0.29, 0.717) is 19.4 Å². The normalized spacial score (nSPS) is 12.7. The number of ether oxygens (including phenoxy) is 1. The van der Waals surface area contributed by atoms with Crippen molar-refractivity contribution in [3.05, 3.63) is 48.6 Å². The van der Waals surface area contributed by atoms with Gasteiger partial charge in [-0.1, -0.05) is 396 Å². The summed E-state index contributed by atoms with van der Waals surface area (Å²) in [5.74, 6) is -0.0500. The Balaban J connectivity index is 3.40. The number of carbonyl (C=O) groups is 2. The molecule has 0 aromatic heterocycles. The van der Waals surface area contributed by atoms with Crippen LogP contribution < -0.4 is 5.32 Å². The molecule has 6 nitrogen and oxygen atoms in total. The van der Waals surface area contributed by atoms with Crippen molar-refractivity contribution in [2.45, 2.75) is 463 Å². The van der Waals surface area contributed by atoms with E-state index in [9.17, 15) is 19.8 Å². The Bertz CT molecular complexity index is 1500. The molecule has 0 fully saturated rings. The zero-order valence-corrected chi connectivity index (χ0v) is 60.9. The summed E-state index contributed by atoms with van der Waals surface area (Å²) >= 11 is 0. The molecule has 3 N–H and O–H groups in total. The number of allylic oxidation sites excluding steroid dienone is 7. The lowest BCUT2D eigenvalue weighted by Crippen LogP contribution is -2.45. The van der Waals surface area contributed by atoms with Gasteiger partial charge in [-0.05, 0) is 89.9 Å². The molecular formula is C84H159NO5. The van der Waals surface area contributed by atoms with Crippen LogP contribution in [-0.4, -0.2) is 47.4 Å². The first-order valence-corrected chi connectivity index (χ1v) is 40.9. The van der Waals surface area contributed by atoms with Gasteiger partial charge in [0.2, 0.25) is 5.91 Å². The van der Waals surface area contributed by atoms with Gasteiger partial charge in [0.05, 0.1) is 25.4 Å². The summed E-state index contributed by atoms with van der Waals surface area (Å²) in [6.45, 7) is 4.94. The summed E-state index contributed by atoms with van der Waals surface area (Å²) in [5, 5.41) is 23.3. The molecule has 90 heavy (non-hydrogen) atoms. The van der Waals surface area contributed by atoms with E-state index >= 15 is 0 Å². The monoisotopic (exact) mass is 1260 g/mol. The molecule has 0 aromatic carbocycles. The van der Waals surface area contributed by atoms with Gasteiger partial charge >= 0.3 is 5.97 Å². The quantitative estimate of drug-likeness (QED) is 0.0320. The molecular weight excluding hydrogens is 1100 g/mol. The van der Waals surface area contributed by atoms with Crippen LogP contribution in [0, 0.1) is 0 Å². The largest absolute Gasteiger partial charge is 0.466 e. The summed E-state index contributed by atoms with van der Waals surface area (Å²) in [5.41, 5.74) is 0. The molecule has 0 aliphatic carbocycles. The summed E-state index contributed by atoms with van der Waals surface area (Å²) in [6, 6.07) is -0.628. The van der Waals surface area contributed by atoms with E-state index in [4.69, 9.17) is 4.74 Å². The second-order valence-electron chi connectivity index (χ2n) is 28.1. The third-order valence-electron chi connectivity index (χ3n) is 19.1. The minimum absolute atomic E-state index is 0.0117. The number of aliphatic hydroxyl groups is 2. The van der Waals surface area contributed by atoms with Crippen molar-refractivity contribution in [1.82, 2.24) is 5.32 Å². The third-order valence-corrected chi connectivity index (χ3v) is 19.1. The topological polar surface area (TPSA) is 95.9 Å². The zero-order valence-electron chi connectivity index (χ0n) is 60.9. The Morgan fingerprint density at radius 1 is 0.311 bits per heavy atom. The third kappa shape index (κ3) is 74.9. The van der Waals surface area contributed by atoms with Crippen molar-refractivity contribution in [2.75, 3.05) is 13.2 Å². The molecule has 0 aliphatic heterocycles. The number of hydrogen-bond donors (Lipinski definition) is 3. The molecule has 0 aliphatic rings. The number of unbranched alkanes of at least 4 members (excludes halogenated alkanes) is 60. The highest BCUT2D eigenvalue weighted by atomic mass is 16.5.